The second kappa shape index (κ2) is 5.66. The molecular formula is C14H12N4OS. The number of nitrogens with zero attached hydrogens (tertiary/aromatic N) is 3. The van der Waals surface area contributed by atoms with E-state index in [9.17, 15) is 4.79 Å². The first kappa shape index (κ1) is 12.6. The molecule has 0 aliphatic heterocycles. The molecule has 20 heavy (non-hydrogen) atoms. The van der Waals surface area contributed by atoms with Crippen molar-refractivity contribution in [3.05, 3.63) is 55.0 Å². The van der Waals surface area contributed by atoms with E-state index in [0.717, 1.165) is 10.4 Å². The molecule has 3 rings (SSSR count). The van der Waals surface area contributed by atoms with E-state index in [4.69, 9.17) is 0 Å². The van der Waals surface area contributed by atoms with Crippen molar-refractivity contribution in [2.45, 2.75) is 6.54 Å². The quantitative estimate of drug-likeness (QED) is 0.801. The monoisotopic (exact) mass is 284 g/mol. The van der Waals surface area contributed by atoms with Gasteiger partial charge in [-0.2, -0.15) is 5.10 Å². The van der Waals surface area contributed by atoms with E-state index in [2.05, 4.69) is 15.4 Å². The first-order valence-electron chi connectivity index (χ1n) is 6.10. The maximum Gasteiger partial charge on any atom is 0.247 e. The zero-order valence-electron chi connectivity index (χ0n) is 10.6. The van der Waals surface area contributed by atoms with Gasteiger partial charge in [0.15, 0.2) is 5.13 Å². The molecule has 0 spiro atoms. The van der Waals surface area contributed by atoms with Crippen LogP contribution in [0.4, 0.5) is 5.13 Å². The highest BCUT2D eigenvalue weighted by atomic mass is 32.1. The Kier molecular flexibility index (Phi) is 3.56. The largest absolute Gasteiger partial charge is 0.300 e. The SMILES string of the molecule is O=C(Cn1cccn1)Nc1ncc(-c2ccccc2)s1. The molecule has 6 heteroatoms. The molecule has 0 atom stereocenters. The predicted molar refractivity (Wildman–Crippen MR) is 78.4 cm³/mol. The number of hydrogen-bond acceptors (Lipinski definition) is 4. The van der Waals surface area contributed by atoms with Gasteiger partial charge in [0.05, 0.1) is 4.88 Å². The fourth-order valence-corrected chi connectivity index (χ4v) is 2.61. The van der Waals surface area contributed by atoms with Crippen LogP contribution >= 0.6 is 11.3 Å². The minimum atomic E-state index is -0.136. The van der Waals surface area contributed by atoms with Crippen molar-refractivity contribution >= 4 is 22.4 Å². The second-order valence-electron chi connectivity index (χ2n) is 4.15. The number of thiazole rings is 1. The van der Waals surface area contributed by atoms with Crippen molar-refractivity contribution < 1.29 is 4.79 Å². The lowest BCUT2D eigenvalue weighted by molar-refractivity contribution is -0.116. The fraction of sp³-hybridized carbons (Fsp3) is 0.0714. The van der Waals surface area contributed by atoms with Crippen molar-refractivity contribution in [3.8, 4) is 10.4 Å². The van der Waals surface area contributed by atoms with Crippen LogP contribution in [0.1, 0.15) is 0 Å². The second-order valence-corrected chi connectivity index (χ2v) is 5.18. The van der Waals surface area contributed by atoms with Crippen LogP contribution in [-0.2, 0) is 11.3 Å². The van der Waals surface area contributed by atoms with E-state index in [1.54, 1.807) is 29.3 Å². The molecular weight excluding hydrogens is 272 g/mol. The highest BCUT2D eigenvalue weighted by molar-refractivity contribution is 7.19. The zero-order chi connectivity index (χ0) is 13.8. The smallest absolute Gasteiger partial charge is 0.247 e. The lowest BCUT2D eigenvalue weighted by Gasteiger charge is -2.01. The average Bonchev–Trinajstić information content (AvgIpc) is 3.11. The summed E-state index contributed by atoms with van der Waals surface area (Å²) in [5.41, 5.74) is 1.09. The molecule has 0 aliphatic carbocycles. The maximum absolute atomic E-state index is 11.8. The zero-order valence-corrected chi connectivity index (χ0v) is 11.4. The Labute approximate surface area is 119 Å². The minimum Gasteiger partial charge on any atom is -0.300 e. The van der Waals surface area contributed by atoms with Gasteiger partial charge in [-0.3, -0.25) is 9.48 Å². The number of nitrogens with one attached hydrogen (secondary N) is 1. The van der Waals surface area contributed by atoms with Gasteiger partial charge in [-0.1, -0.05) is 41.7 Å². The van der Waals surface area contributed by atoms with Crippen LogP contribution in [0.15, 0.2) is 55.0 Å². The summed E-state index contributed by atoms with van der Waals surface area (Å²) in [7, 11) is 0. The number of benzene rings is 1. The molecule has 0 saturated carbocycles. The van der Waals surface area contributed by atoms with Crippen LogP contribution in [0.2, 0.25) is 0 Å². The van der Waals surface area contributed by atoms with Crippen molar-refractivity contribution in [3.63, 3.8) is 0 Å². The lowest BCUT2D eigenvalue weighted by atomic mass is 10.2. The first-order valence-corrected chi connectivity index (χ1v) is 6.91. The molecule has 5 nitrogen and oxygen atoms in total. The molecule has 1 aromatic carbocycles. The van der Waals surface area contributed by atoms with Gasteiger partial charge in [0.1, 0.15) is 6.54 Å². The minimum absolute atomic E-state index is 0.136. The summed E-state index contributed by atoms with van der Waals surface area (Å²) < 4.78 is 1.57. The highest BCUT2D eigenvalue weighted by Gasteiger charge is 2.08. The van der Waals surface area contributed by atoms with Crippen molar-refractivity contribution in [2.24, 2.45) is 0 Å². The van der Waals surface area contributed by atoms with E-state index >= 15 is 0 Å². The van der Waals surface area contributed by atoms with Crippen LogP contribution < -0.4 is 5.32 Å². The molecule has 2 heterocycles. The normalized spacial score (nSPS) is 10.4. The van der Waals surface area contributed by atoms with Crippen molar-refractivity contribution in [2.75, 3.05) is 5.32 Å². The summed E-state index contributed by atoms with van der Waals surface area (Å²) in [5.74, 6) is -0.136. The number of aromatic nitrogens is 3. The lowest BCUT2D eigenvalue weighted by Crippen LogP contribution is -2.18. The van der Waals surface area contributed by atoms with Crippen LogP contribution in [0.5, 0.6) is 0 Å². The Hall–Kier alpha value is -2.47. The van der Waals surface area contributed by atoms with Crippen molar-refractivity contribution in [1.29, 1.82) is 0 Å². The van der Waals surface area contributed by atoms with Gasteiger partial charge in [0.25, 0.3) is 0 Å². The molecule has 2 aromatic heterocycles. The Morgan fingerprint density at radius 3 is 2.85 bits per heavy atom. The summed E-state index contributed by atoms with van der Waals surface area (Å²) in [6, 6.07) is 11.7. The predicted octanol–water partition coefficient (Wildman–Crippen LogP) is 2.65. The molecule has 3 aromatic rings. The van der Waals surface area contributed by atoms with Gasteiger partial charge in [-0.25, -0.2) is 4.98 Å². The third-order valence-corrected chi connectivity index (χ3v) is 3.64. The van der Waals surface area contributed by atoms with Crippen LogP contribution in [0.3, 0.4) is 0 Å². The molecule has 0 radical (unpaired) electrons. The van der Waals surface area contributed by atoms with E-state index in [0.29, 0.717) is 5.13 Å². The summed E-state index contributed by atoms with van der Waals surface area (Å²) in [6.45, 7) is 0.188. The van der Waals surface area contributed by atoms with Gasteiger partial charge in [-0.05, 0) is 11.6 Å². The molecule has 0 saturated heterocycles. The third kappa shape index (κ3) is 2.92. The van der Waals surface area contributed by atoms with E-state index in [-0.39, 0.29) is 12.5 Å². The molecule has 1 amide bonds. The van der Waals surface area contributed by atoms with Crippen molar-refractivity contribution in [1.82, 2.24) is 14.8 Å². The number of hydrogen-bond donors (Lipinski definition) is 1. The van der Waals surface area contributed by atoms with E-state index < -0.39 is 0 Å². The summed E-state index contributed by atoms with van der Waals surface area (Å²) in [4.78, 5) is 17.1. The van der Waals surface area contributed by atoms with Crippen LogP contribution in [-0.4, -0.2) is 20.7 Å². The fourth-order valence-electron chi connectivity index (χ4n) is 1.77. The average molecular weight is 284 g/mol. The molecule has 0 bridgehead atoms. The van der Waals surface area contributed by atoms with Crippen LogP contribution in [0.25, 0.3) is 10.4 Å². The summed E-state index contributed by atoms with van der Waals surface area (Å²) in [6.07, 6.45) is 5.16. The van der Waals surface area contributed by atoms with Crippen LogP contribution in [0, 0.1) is 0 Å². The number of amides is 1. The van der Waals surface area contributed by atoms with Gasteiger partial charge < -0.3 is 5.32 Å². The highest BCUT2D eigenvalue weighted by Crippen LogP contribution is 2.28. The number of rotatable bonds is 4. The Bertz CT molecular complexity index is 691. The standard InChI is InChI=1S/C14H12N4OS/c19-13(10-18-8-4-7-16-18)17-14-15-9-12(20-14)11-5-2-1-3-6-11/h1-9H,10H2,(H,15,17,19). The maximum atomic E-state index is 11.8. The number of carbonyl (C=O) groups excluding carboxylic acids is 1. The third-order valence-electron chi connectivity index (χ3n) is 2.68. The topological polar surface area (TPSA) is 59.8 Å². The summed E-state index contributed by atoms with van der Waals surface area (Å²) >= 11 is 1.45. The number of anilines is 1. The first-order chi connectivity index (χ1) is 9.81. The molecule has 100 valence electrons. The Morgan fingerprint density at radius 2 is 2.10 bits per heavy atom. The number of carbonyl (C=O) groups is 1. The van der Waals surface area contributed by atoms with E-state index in [1.807, 2.05) is 30.3 Å². The van der Waals surface area contributed by atoms with E-state index in [1.165, 1.54) is 11.3 Å². The van der Waals surface area contributed by atoms with Gasteiger partial charge in [0, 0.05) is 18.6 Å². The Balaban J connectivity index is 1.67. The van der Waals surface area contributed by atoms with Gasteiger partial charge in [-0.15, -0.1) is 0 Å². The Morgan fingerprint density at radius 1 is 1.25 bits per heavy atom. The molecule has 1 N–H and O–H groups in total. The van der Waals surface area contributed by atoms with Gasteiger partial charge >= 0.3 is 0 Å². The summed E-state index contributed by atoms with van der Waals surface area (Å²) in [5, 5.41) is 7.37. The van der Waals surface area contributed by atoms with Gasteiger partial charge in [0.2, 0.25) is 5.91 Å². The molecule has 0 fully saturated rings. The molecule has 0 unspecified atom stereocenters. The molecule has 0 aliphatic rings.